The van der Waals surface area contributed by atoms with Gasteiger partial charge in [-0.2, -0.15) is 11.1 Å². The normalized spacial score (nSPS) is 36.1. The van der Waals surface area contributed by atoms with Crippen LogP contribution in [0.25, 0.3) is 0 Å². The fourth-order valence-corrected chi connectivity index (χ4v) is 3.70. The van der Waals surface area contributed by atoms with E-state index in [0.717, 1.165) is 11.8 Å². The maximum Gasteiger partial charge on any atom is 0.154 e. The molecule has 0 amide bonds. The largest absolute Gasteiger partial charge is 0.167 e. The Morgan fingerprint density at radius 1 is 1.46 bits per heavy atom. The lowest BCUT2D eigenvalue weighted by Gasteiger charge is -2.15. The highest BCUT2D eigenvalue weighted by Gasteiger charge is 2.35. The van der Waals surface area contributed by atoms with Crippen LogP contribution in [0.3, 0.4) is 0 Å². The third-order valence-electron chi connectivity index (χ3n) is 3.44. The van der Waals surface area contributed by atoms with E-state index in [1.54, 1.807) is 5.57 Å². The van der Waals surface area contributed by atoms with Crippen molar-refractivity contribution in [2.45, 2.75) is 44.8 Å². The molecular weight excluding hydrogens is 196 g/mol. The summed E-state index contributed by atoms with van der Waals surface area (Å²) in [5.41, 5.74) is 1.75. The number of hydrogen-bond donors (Lipinski definition) is 0. The third kappa shape index (κ3) is 2.38. The second-order valence-electron chi connectivity index (χ2n) is 5.28. The Balaban J connectivity index is 1.95. The lowest BCUT2D eigenvalue weighted by molar-refractivity contribution is 0.560. The molecule has 0 nitrogen and oxygen atoms in total. The molecule has 0 aromatic heterocycles. The van der Waals surface area contributed by atoms with E-state index in [4.69, 9.17) is 11.1 Å². The highest BCUT2D eigenvalue weighted by atomic mass is 35.6. The van der Waals surface area contributed by atoms with Crippen LogP contribution in [0, 0.1) is 11.8 Å². The highest BCUT2D eigenvalue weighted by Crippen LogP contribution is 2.48. The number of hydrogen-bond acceptors (Lipinski definition) is 0. The van der Waals surface area contributed by atoms with Gasteiger partial charge in [-0.25, -0.2) is 0 Å². The quantitative estimate of drug-likeness (QED) is 0.368. The van der Waals surface area contributed by atoms with E-state index in [1.807, 2.05) is 0 Å². The van der Waals surface area contributed by atoms with Gasteiger partial charge in [0.15, 0.2) is 7.38 Å². The summed E-state index contributed by atoms with van der Waals surface area (Å²) >= 11 is 6.31. The van der Waals surface area contributed by atoms with Gasteiger partial charge < -0.3 is 0 Å². The Labute approximate surface area is 87.1 Å². The van der Waals surface area contributed by atoms with Gasteiger partial charge in [0.1, 0.15) is 0 Å². The van der Waals surface area contributed by atoms with Gasteiger partial charge in [-0.05, 0) is 43.6 Å². The minimum Gasteiger partial charge on any atom is -0.167 e. The third-order valence-corrected chi connectivity index (χ3v) is 5.08. The SMILES string of the molecule is C[Si](C)(Cl)CC=C1CC2CCC1C2. The van der Waals surface area contributed by atoms with Crippen LogP contribution in [0.5, 0.6) is 0 Å². The minimum atomic E-state index is -1.36. The van der Waals surface area contributed by atoms with Crippen molar-refractivity contribution >= 4 is 18.5 Å². The molecule has 2 aliphatic rings. The molecule has 2 atom stereocenters. The van der Waals surface area contributed by atoms with Crippen molar-refractivity contribution in [3.05, 3.63) is 11.6 Å². The summed E-state index contributed by atoms with van der Waals surface area (Å²) in [5.74, 6) is 1.99. The van der Waals surface area contributed by atoms with Gasteiger partial charge in [0.05, 0.1) is 0 Å². The van der Waals surface area contributed by atoms with E-state index in [2.05, 4.69) is 19.2 Å². The number of halogens is 1. The first-order valence-electron chi connectivity index (χ1n) is 5.42. The van der Waals surface area contributed by atoms with Gasteiger partial charge in [-0.1, -0.05) is 24.7 Å². The molecule has 2 aliphatic carbocycles. The standard InChI is InChI=1S/C11H19ClSi/c1-13(2,12)6-5-11-8-9-3-4-10(11)7-9/h5,9-10H,3-4,6-8H2,1-2H3. The lowest BCUT2D eigenvalue weighted by Crippen LogP contribution is -2.14. The van der Waals surface area contributed by atoms with Crippen LogP contribution in [-0.2, 0) is 0 Å². The summed E-state index contributed by atoms with van der Waals surface area (Å²) in [4.78, 5) is 0. The molecular formula is C11H19ClSi. The average Bonchev–Trinajstić information content (AvgIpc) is 2.58. The summed E-state index contributed by atoms with van der Waals surface area (Å²) in [6.45, 7) is 4.47. The van der Waals surface area contributed by atoms with Gasteiger partial charge in [-0.3, -0.25) is 0 Å². The van der Waals surface area contributed by atoms with E-state index in [1.165, 1.54) is 31.7 Å². The van der Waals surface area contributed by atoms with E-state index in [-0.39, 0.29) is 0 Å². The van der Waals surface area contributed by atoms with Crippen LogP contribution in [0.1, 0.15) is 25.7 Å². The smallest absolute Gasteiger partial charge is 0.154 e. The molecule has 2 fully saturated rings. The first-order valence-corrected chi connectivity index (χ1v) is 9.64. The Hall–Kier alpha value is 0.247. The lowest BCUT2D eigenvalue weighted by atomic mass is 9.95. The second kappa shape index (κ2) is 3.43. The number of allylic oxidation sites excluding steroid dienone is 2. The Bertz CT molecular complexity index is 227. The Morgan fingerprint density at radius 2 is 2.23 bits per heavy atom. The monoisotopic (exact) mass is 214 g/mol. The molecule has 2 saturated carbocycles. The highest BCUT2D eigenvalue weighted by molar-refractivity contribution is 7.19. The van der Waals surface area contributed by atoms with Crippen molar-refractivity contribution in [1.29, 1.82) is 0 Å². The minimum absolute atomic E-state index is 0.956. The zero-order valence-electron chi connectivity index (χ0n) is 8.65. The van der Waals surface area contributed by atoms with Crippen molar-refractivity contribution in [3.8, 4) is 0 Å². The van der Waals surface area contributed by atoms with Gasteiger partial charge in [-0.15, -0.1) is 0 Å². The van der Waals surface area contributed by atoms with E-state index < -0.39 is 7.38 Å². The summed E-state index contributed by atoms with van der Waals surface area (Å²) in [5, 5.41) is 0. The van der Waals surface area contributed by atoms with Crippen LogP contribution >= 0.6 is 11.1 Å². The van der Waals surface area contributed by atoms with Gasteiger partial charge >= 0.3 is 0 Å². The number of rotatable bonds is 2. The van der Waals surface area contributed by atoms with Crippen molar-refractivity contribution in [1.82, 2.24) is 0 Å². The van der Waals surface area contributed by atoms with Crippen LogP contribution < -0.4 is 0 Å². The Morgan fingerprint density at radius 3 is 2.69 bits per heavy atom. The molecule has 2 unspecified atom stereocenters. The van der Waals surface area contributed by atoms with E-state index in [0.29, 0.717) is 0 Å². The van der Waals surface area contributed by atoms with Gasteiger partial charge in [0.25, 0.3) is 0 Å². The van der Waals surface area contributed by atoms with Crippen molar-refractivity contribution in [3.63, 3.8) is 0 Å². The molecule has 2 bridgehead atoms. The van der Waals surface area contributed by atoms with Crippen LogP contribution in [0.2, 0.25) is 19.1 Å². The first kappa shape index (κ1) is 9.79. The van der Waals surface area contributed by atoms with Crippen LogP contribution in [0.15, 0.2) is 11.6 Å². The van der Waals surface area contributed by atoms with E-state index in [9.17, 15) is 0 Å². The molecule has 0 aromatic carbocycles. The first-order chi connectivity index (χ1) is 6.04. The fourth-order valence-electron chi connectivity index (χ4n) is 2.72. The Kier molecular flexibility index (Phi) is 2.58. The molecule has 0 saturated heterocycles. The predicted molar refractivity (Wildman–Crippen MR) is 61.7 cm³/mol. The molecule has 0 N–H and O–H groups in total. The topological polar surface area (TPSA) is 0 Å². The number of fused-ring (bicyclic) bond motifs is 2. The maximum atomic E-state index is 6.31. The molecule has 0 radical (unpaired) electrons. The van der Waals surface area contributed by atoms with Crippen molar-refractivity contribution in [2.24, 2.45) is 11.8 Å². The maximum absolute atomic E-state index is 6.31. The van der Waals surface area contributed by atoms with Crippen LogP contribution in [0.4, 0.5) is 0 Å². The molecule has 0 aromatic rings. The molecule has 0 spiro atoms. The van der Waals surface area contributed by atoms with E-state index >= 15 is 0 Å². The average molecular weight is 215 g/mol. The molecule has 74 valence electrons. The second-order valence-corrected chi connectivity index (χ2v) is 12.2. The molecule has 2 rings (SSSR count). The summed E-state index contributed by atoms with van der Waals surface area (Å²) in [6, 6.07) is 1.17. The predicted octanol–water partition coefficient (Wildman–Crippen LogP) is 4.18. The zero-order valence-corrected chi connectivity index (χ0v) is 10.4. The zero-order chi connectivity index (χ0) is 9.47. The van der Waals surface area contributed by atoms with Crippen molar-refractivity contribution in [2.75, 3.05) is 0 Å². The fraction of sp³-hybridized carbons (Fsp3) is 0.818. The van der Waals surface area contributed by atoms with Gasteiger partial charge in [0.2, 0.25) is 0 Å². The summed E-state index contributed by atoms with van der Waals surface area (Å²) < 4.78 is 0. The molecule has 2 heteroatoms. The molecule has 13 heavy (non-hydrogen) atoms. The summed E-state index contributed by atoms with van der Waals surface area (Å²) in [6.07, 6.45) is 8.30. The molecule has 0 aliphatic heterocycles. The van der Waals surface area contributed by atoms with Crippen LogP contribution in [-0.4, -0.2) is 7.38 Å². The summed E-state index contributed by atoms with van der Waals surface area (Å²) in [7, 11) is -1.36. The molecule has 0 heterocycles. The van der Waals surface area contributed by atoms with Crippen molar-refractivity contribution < 1.29 is 0 Å². The van der Waals surface area contributed by atoms with Gasteiger partial charge in [0, 0.05) is 0 Å².